The lowest BCUT2D eigenvalue weighted by Crippen LogP contribution is -2.31. The predicted molar refractivity (Wildman–Crippen MR) is 193 cm³/mol. The quantitative estimate of drug-likeness (QED) is 0.0909. The van der Waals surface area contributed by atoms with Gasteiger partial charge in [-0.25, -0.2) is 4.79 Å². The van der Waals surface area contributed by atoms with E-state index in [1.807, 2.05) is 25.1 Å². The van der Waals surface area contributed by atoms with Gasteiger partial charge < -0.3 is 33.5 Å². The molecule has 5 aromatic rings. The Labute approximate surface area is 302 Å². The normalized spacial score (nSPS) is 13.6. The molecule has 1 N–H and O–H groups in total. The molecule has 7 rings (SSSR count). The van der Waals surface area contributed by atoms with E-state index in [1.165, 1.54) is 31.3 Å². The summed E-state index contributed by atoms with van der Waals surface area (Å²) in [5, 5.41) is 12.6. The molecule has 0 radical (unpaired) electrons. The van der Waals surface area contributed by atoms with E-state index in [2.05, 4.69) is 4.98 Å². The number of hydrogen-bond donors (Lipinski definition) is 1. The number of hydrogen-bond acceptors (Lipinski definition) is 12. The third kappa shape index (κ3) is 6.74. The van der Waals surface area contributed by atoms with Crippen molar-refractivity contribution in [2.75, 3.05) is 45.9 Å². The number of rotatable bonds is 11. The van der Waals surface area contributed by atoms with Crippen molar-refractivity contribution < 1.29 is 43.2 Å². The van der Waals surface area contributed by atoms with Gasteiger partial charge in [-0.2, -0.15) is 0 Å². The fraction of sp³-hybridized carbons (Fsp3) is 0.263. The van der Waals surface area contributed by atoms with Crippen LogP contribution in [0.4, 0.5) is 10.5 Å². The smallest absolute Gasteiger partial charge is 0.419 e. The second-order valence-electron chi connectivity index (χ2n) is 12.8. The Kier molecular flexibility index (Phi) is 9.51. The number of anilines is 1. The van der Waals surface area contributed by atoms with E-state index >= 15 is 0 Å². The summed E-state index contributed by atoms with van der Waals surface area (Å²) in [5.74, 6) is -0.350. The van der Waals surface area contributed by atoms with Gasteiger partial charge in [0.1, 0.15) is 5.75 Å². The molecule has 53 heavy (non-hydrogen) atoms. The number of carbonyl (C=O) groups excluding carboxylic acids is 4. The summed E-state index contributed by atoms with van der Waals surface area (Å²) in [7, 11) is 5.25. The maximum absolute atomic E-state index is 14.3. The first-order chi connectivity index (χ1) is 25.5. The minimum Gasteiger partial charge on any atom is -0.454 e. The summed E-state index contributed by atoms with van der Waals surface area (Å²) < 4.78 is 24.2. The zero-order valence-electron chi connectivity index (χ0n) is 29.2. The van der Waals surface area contributed by atoms with Gasteiger partial charge in [0.2, 0.25) is 6.79 Å². The molecule has 15 heteroatoms. The number of ether oxygens (including phenoxy) is 4. The number of aromatic nitrogens is 2. The summed E-state index contributed by atoms with van der Waals surface area (Å²) >= 11 is 0. The predicted octanol–water partition coefficient (Wildman–Crippen LogP) is 3.73. The number of esters is 1. The molecule has 0 bridgehead atoms. The average molecular weight is 722 g/mol. The highest BCUT2D eigenvalue weighted by molar-refractivity contribution is 6.15. The summed E-state index contributed by atoms with van der Waals surface area (Å²) in [5.41, 5.74) is 1.39. The Morgan fingerprint density at radius 3 is 2.34 bits per heavy atom. The lowest BCUT2D eigenvalue weighted by atomic mass is 10.0. The maximum atomic E-state index is 14.3. The van der Waals surface area contributed by atoms with Crippen LogP contribution in [0.5, 0.6) is 23.0 Å². The Bertz CT molecular complexity index is 2400. The minimum absolute atomic E-state index is 0.0282. The molecule has 272 valence electrons. The molecule has 0 atom stereocenters. The van der Waals surface area contributed by atoms with Crippen molar-refractivity contribution in [3.05, 3.63) is 82.8 Å². The van der Waals surface area contributed by atoms with E-state index < -0.39 is 30.5 Å². The van der Waals surface area contributed by atoms with Gasteiger partial charge in [0, 0.05) is 73.9 Å². The Morgan fingerprint density at radius 2 is 1.60 bits per heavy atom. The fourth-order valence-corrected chi connectivity index (χ4v) is 6.35. The molecule has 0 saturated heterocycles. The van der Waals surface area contributed by atoms with E-state index in [1.54, 1.807) is 41.1 Å². The van der Waals surface area contributed by atoms with Crippen LogP contribution >= 0.6 is 0 Å². The van der Waals surface area contributed by atoms with Crippen LogP contribution in [-0.4, -0.2) is 89.4 Å². The molecule has 0 aliphatic carbocycles. The molecule has 2 aliphatic heterocycles. The standard InChI is InChI=1S/C38H35N5O10/c1-40(2)13-14-43-36-25-17-31-32(51-21-50-31)18-27(25)39-19-26(36)23-15-22(20-44)30(16-24(23)37(43)48)53-38(49)41(3)28-7-4-5-8-29(28)52-35(47)9-6-12-42-33(45)10-11-34(42)46/h4-5,7-8,10-11,15-19,44H,6,9,12-14,20-21H2,1-3H3. The number of amides is 3. The molecule has 3 aromatic carbocycles. The maximum Gasteiger partial charge on any atom is 0.419 e. The highest BCUT2D eigenvalue weighted by Crippen LogP contribution is 2.39. The molecule has 0 spiro atoms. The highest BCUT2D eigenvalue weighted by Gasteiger charge is 2.25. The van der Waals surface area contributed by atoms with Crippen LogP contribution in [-0.2, 0) is 27.5 Å². The van der Waals surface area contributed by atoms with Crippen molar-refractivity contribution in [2.24, 2.45) is 0 Å². The van der Waals surface area contributed by atoms with Crippen molar-refractivity contribution in [2.45, 2.75) is 26.0 Å². The van der Waals surface area contributed by atoms with Gasteiger partial charge in [0.05, 0.1) is 28.7 Å². The number of para-hydroxylation sites is 2. The molecule has 2 aliphatic rings. The van der Waals surface area contributed by atoms with Crippen LogP contribution in [0, 0.1) is 0 Å². The molecule has 0 unspecified atom stereocenters. The third-order valence-electron chi connectivity index (χ3n) is 9.10. The monoisotopic (exact) mass is 721 g/mol. The lowest BCUT2D eigenvalue weighted by molar-refractivity contribution is -0.139. The summed E-state index contributed by atoms with van der Waals surface area (Å²) in [6.45, 7) is 0.523. The first kappa shape index (κ1) is 35.1. The zero-order valence-corrected chi connectivity index (χ0v) is 29.2. The van der Waals surface area contributed by atoms with Crippen molar-refractivity contribution in [3.63, 3.8) is 0 Å². The number of carbonyl (C=O) groups is 4. The van der Waals surface area contributed by atoms with E-state index in [0.29, 0.717) is 51.8 Å². The molecule has 3 amide bonds. The molecule has 0 fully saturated rings. The number of imide groups is 1. The number of likely N-dealkylation sites (N-methyl/N-ethyl adjacent to an activating group) is 1. The molecular weight excluding hydrogens is 686 g/mol. The first-order valence-electron chi connectivity index (χ1n) is 16.8. The van der Waals surface area contributed by atoms with Gasteiger partial charge >= 0.3 is 12.1 Å². The molecule has 0 saturated carbocycles. The van der Waals surface area contributed by atoms with Crippen molar-refractivity contribution in [1.29, 1.82) is 0 Å². The number of nitrogens with zero attached hydrogens (tertiary/aromatic N) is 5. The van der Waals surface area contributed by atoms with Gasteiger partial charge in [0.25, 0.3) is 17.4 Å². The first-order valence-corrected chi connectivity index (χ1v) is 16.8. The zero-order chi connectivity index (χ0) is 37.4. The van der Waals surface area contributed by atoms with Crippen LogP contribution in [0.3, 0.4) is 0 Å². The average Bonchev–Trinajstić information content (AvgIpc) is 3.74. The Balaban J connectivity index is 1.18. The van der Waals surface area contributed by atoms with Crippen LogP contribution in [0.15, 0.2) is 71.7 Å². The van der Waals surface area contributed by atoms with Gasteiger partial charge in [-0.15, -0.1) is 0 Å². The van der Waals surface area contributed by atoms with E-state index in [0.717, 1.165) is 9.80 Å². The third-order valence-corrected chi connectivity index (χ3v) is 9.10. The Morgan fingerprint density at radius 1 is 0.868 bits per heavy atom. The van der Waals surface area contributed by atoms with Gasteiger partial charge in [-0.3, -0.25) is 34.0 Å². The number of fused-ring (bicyclic) bond motifs is 6. The number of aliphatic hydroxyl groups excluding tert-OH is 1. The van der Waals surface area contributed by atoms with Crippen molar-refractivity contribution >= 4 is 62.1 Å². The largest absolute Gasteiger partial charge is 0.454 e. The van der Waals surface area contributed by atoms with Crippen LogP contribution in [0.2, 0.25) is 0 Å². The van der Waals surface area contributed by atoms with E-state index in [4.69, 9.17) is 18.9 Å². The van der Waals surface area contributed by atoms with Crippen LogP contribution < -0.4 is 29.4 Å². The van der Waals surface area contributed by atoms with Gasteiger partial charge in [-0.1, -0.05) is 12.1 Å². The SMILES string of the molecule is CN(C)CCn1c(=O)c2cc(OC(=O)N(C)c3ccccc3OC(=O)CCCN3C(=O)C=CC3=O)c(CO)cc2c2cnc3cc4c(cc3c21)OCO4. The second kappa shape index (κ2) is 14.4. The highest BCUT2D eigenvalue weighted by atomic mass is 16.7. The van der Waals surface area contributed by atoms with Crippen LogP contribution in [0.25, 0.3) is 32.6 Å². The van der Waals surface area contributed by atoms with Gasteiger partial charge in [-0.05, 0) is 56.2 Å². The minimum atomic E-state index is -0.876. The number of pyridine rings is 2. The lowest BCUT2D eigenvalue weighted by Gasteiger charge is -2.21. The summed E-state index contributed by atoms with van der Waals surface area (Å²) in [6, 6.07) is 13.0. The van der Waals surface area contributed by atoms with E-state index in [9.17, 15) is 29.1 Å². The number of benzene rings is 3. The Hall–Kier alpha value is -6.32. The molecular formula is C38H35N5O10. The molecule has 2 aromatic heterocycles. The van der Waals surface area contributed by atoms with Crippen molar-refractivity contribution in [1.82, 2.24) is 19.4 Å². The fourth-order valence-electron chi connectivity index (χ4n) is 6.35. The van der Waals surface area contributed by atoms with Crippen molar-refractivity contribution in [3.8, 4) is 23.0 Å². The number of aliphatic hydroxyl groups is 1. The van der Waals surface area contributed by atoms with Gasteiger partial charge in [0.15, 0.2) is 17.2 Å². The molecule has 15 nitrogen and oxygen atoms in total. The second-order valence-corrected chi connectivity index (χ2v) is 12.8. The summed E-state index contributed by atoms with van der Waals surface area (Å²) in [4.78, 5) is 73.0. The van der Waals surface area contributed by atoms with Crippen LogP contribution in [0.1, 0.15) is 18.4 Å². The topological polar surface area (TPSA) is 170 Å². The summed E-state index contributed by atoms with van der Waals surface area (Å²) in [6.07, 6.45) is 3.25. The molecule has 4 heterocycles. The van der Waals surface area contributed by atoms with E-state index in [-0.39, 0.29) is 59.9 Å².